The van der Waals surface area contributed by atoms with Gasteiger partial charge in [0.1, 0.15) is 0 Å². The Morgan fingerprint density at radius 2 is 2.05 bits per heavy atom. The van der Waals surface area contributed by atoms with Crippen LogP contribution < -0.4 is 5.32 Å². The van der Waals surface area contributed by atoms with Crippen LogP contribution in [0.25, 0.3) is 0 Å². The molecule has 2 heteroatoms. The second-order valence-corrected chi connectivity index (χ2v) is 7.46. The molecule has 2 aliphatic carbocycles. The molecule has 1 heterocycles. The zero-order chi connectivity index (χ0) is 13.1. The van der Waals surface area contributed by atoms with Crippen molar-refractivity contribution in [3.63, 3.8) is 0 Å². The van der Waals surface area contributed by atoms with Crippen LogP contribution in [0.5, 0.6) is 0 Å². The summed E-state index contributed by atoms with van der Waals surface area (Å²) in [5, 5.41) is 3.83. The molecule has 0 aromatic carbocycles. The van der Waals surface area contributed by atoms with Crippen LogP contribution in [0.15, 0.2) is 0 Å². The molecule has 2 nitrogen and oxygen atoms in total. The summed E-state index contributed by atoms with van der Waals surface area (Å²) in [5.41, 5.74) is 0.301. The second kappa shape index (κ2) is 6.13. The monoisotopic (exact) mass is 265 g/mol. The minimum absolute atomic E-state index is 0.301. The van der Waals surface area contributed by atoms with Gasteiger partial charge < -0.3 is 10.1 Å². The molecule has 3 aliphatic rings. The first kappa shape index (κ1) is 13.9. The number of hydrogen-bond donors (Lipinski definition) is 1. The van der Waals surface area contributed by atoms with Crippen molar-refractivity contribution in [1.29, 1.82) is 0 Å². The molecule has 3 fully saturated rings. The van der Waals surface area contributed by atoms with Crippen LogP contribution in [0.4, 0.5) is 0 Å². The summed E-state index contributed by atoms with van der Waals surface area (Å²) >= 11 is 0. The molecule has 0 bridgehead atoms. The van der Waals surface area contributed by atoms with Gasteiger partial charge in [-0.1, -0.05) is 26.2 Å². The quantitative estimate of drug-likeness (QED) is 0.832. The Balaban J connectivity index is 1.35. The van der Waals surface area contributed by atoms with Gasteiger partial charge in [0.2, 0.25) is 0 Å². The number of rotatable bonds is 4. The molecule has 0 radical (unpaired) electrons. The first-order valence-corrected chi connectivity index (χ1v) is 8.63. The third-order valence-corrected chi connectivity index (χ3v) is 5.79. The largest absolute Gasteiger partial charge is 0.375 e. The van der Waals surface area contributed by atoms with Crippen molar-refractivity contribution in [3.05, 3.63) is 0 Å². The van der Waals surface area contributed by atoms with Gasteiger partial charge in [-0.05, 0) is 63.3 Å². The Morgan fingerprint density at radius 3 is 2.79 bits per heavy atom. The summed E-state index contributed by atoms with van der Waals surface area (Å²) in [6, 6.07) is 0.732. The Kier molecular flexibility index (Phi) is 4.48. The Hall–Kier alpha value is -0.0800. The van der Waals surface area contributed by atoms with Gasteiger partial charge in [0.25, 0.3) is 0 Å². The summed E-state index contributed by atoms with van der Waals surface area (Å²) in [5.74, 6) is 1.97. The number of hydrogen-bond acceptors (Lipinski definition) is 2. The lowest BCUT2D eigenvalue weighted by molar-refractivity contribution is -0.135. The van der Waals surface area contributed by atoms with E-state index in [1.54, 1.807) is 0 Å². The van der Waals surface area contributed by atoms with Crippen LogP contribution in [-0.2, 0) is 4.74 Å². The van der Waals surface area contributed by atoms with Crippen LogP contribution in [0, 0.1) is 11.8 Å². The molecule has 1 N–H and O–H groups in total. The van der Waals surface area contributed by atoms with Crippen LogP contribution in [0.3, 0.4) is 0 Å². The van der Waals surface area contributed by atoms with Crippen molar-refractivity contribution < 1.29 is 4.74 Å². The van der Waals surface area contributed by atoms with Crippen LogP contribution in [-0.4, -0.2) is 24.8 Å². The fourth-order valence-electron chi connectivity index (χ4n) is 4.44. The average molecular weight is 265 g/mol. The lowest BCUT2D eigenvalue weighted by Gasteiger charge is -2.47. The van der Waals surface area contributed by atoms with Crippen molar-refractivity contribution in [2.75, 3.05) is 13.2 Å². The van der Waals surface area contributed by atoms with Gasteiger partial charge in [0.05, 0.1) is 5.60 Å². The van der Waals surface area contributed by atoms with E-state index in [0.29, 0.717) is 5.60 Å². The molecule has 110 valence electrons. The normalized spacial score (nSPS) is 38.1. The fraction of sp³-hybridized carbons (Fsp3) is 1.00. The Morgan fingerprint density at radius 1 is 1.16 bits per heavy atom. The predicted octanol–water partition coefficient (Wildman–Crippen LogP) is 3.89. The fourth-order valence-corrected chi connectivity index (χ4v) is 4.44. The summed E-state index contributed by atoms with van der Waals surface area (Å²) < 4.78 is 6.00. The average Bonchev–Trinajstić information content (AvgIpc) is 2.37. The highest BCUT2D eigenvalue weighted by atomic mass is 16.5. The van der Waals surface area contributed by atoms with Gasteiger partial charge in [-0.15, -0.1) is 0 Å². The van der Waals surface area contributed by atoms with Gasteiger partial charge in [-0.2, -0.15) is 0 Å². The molecule has 0 aromatic rings. The van der Waals surface area contributed by atoms with Crippen LogP contribution in [0.2, 0.25) is 0 Å². The SMILES string of the molecule is CC1CCCC(CCNC2CCOC3(CCC3)C2)C1. The molecule has 1 spiro atoms. The third-order valence-electron chi connectivity index (χ3n) is 5.79. The topological polar surface area (TPSA) is 21.3 Å². The number of ether oxygens (including phenoxy) is 1. The van der Waals surface area contributed by atoms with E-state index >= 15 is 0 Å². The second-order valence-electron chi connectivity index (χ2n) is 7.46. The molecule has 19 heavy (non-hydrogen) atoms. The van der Waals surface area contributed by atoms with Crippen molar-refractivity contribution in [2.45, 2.75) is 82.8 Å². The summed E-state index contributed by atoms with van der Waals surface area (Å²) in [6.45, 7) is 4.65. The maximum absolute atomic E-state index is 6.00. The molecule has 0 aromatic heterocycles. The van der Waals surface area contributed by atoms with Gasteiger partial charge >= 0.3 is 0 Å². The molecular formula is C17H31NO. The zero-order valence-electron chi connectivity index (χ0n) is 12.6. The standard InChI is InChI=1S/C17H31NO/c1-14-4-2-5-15(12-14)6-10-18-16-7-11-19-17(13-16)8-3-9-17/h14-16,18H,2-13H2,1H3. The summed E-state index contributed by atoms with van der Waals surface area (Å²) in [7, 11) is 0. The smallest absolute Gasteiger partial charge is 0.0697 e. The highest BCUT2D eigenvalue weighted by Crippen LogP contribution is 2.42. The van der Waals surface area contributed by atoms with Crippen molar-refractivity contribution >= 4 is 0 Å². The van der Waals surface area contributed by atoms with Crippen molar-refractivity contribution in [1.82, 2.24) is 5.32 Å². The van der Waals surface area contributed by atoms with Crippen molar-refractivity contribution in [2.24, 2.45) is 11.8 Å². The molecule has 1 aliphatic heterocycles. The minimum atomic E-state index is 0.301. The van der Waals surface area contributed by atoms with E-state index in [1.165, 1.54) is 70.8 Å². The van der Waals surface area contributed by atoms with E-state index in [1.807, 2.05) is 0 Å². The molecular weight excluding hydrogens is 234 g/mol. The van der Waals surface area contributed by atoms with E-state index in [9.17, 15) is 0 Å². The Bertz CT molecular complexity index is 287. The zero-order valence-corrected chi connectivity index (χ0v) is 12.6. The first-order chi connectivity index (χ1) is 9.26. The highest BCUT2D eigenvalue weighted by Gasteiger charge is 2.42. The van der Waals surface area contributed by atoms with Gasteiger partial charge in [-0.25, -0.2) is 0 Å². The highest BCUT2D eigenvalue weighted by molar-refractivity contribution is 4.96. The maximum Gasteiger partial charge on any atom is 0.0697 e. The van der Waals surface area contributed by atoms with Crippen LogP contribution in [0.1, 0.15) is 71.1 Å². The first-order valence-electron chi connectivity index (χ1n) is 8.63. The molecule has 3 atom stereocenters. The van der Waals surface area contributed by atoms with Crippen LogP contribution >= 0.6 is 0 Å². The molecule has 0 amide bonds. The van der Waals surface area contributed by atoms with E-state index < -0.39 is 0 Å². The number of nitrogens with one attached hydrogen (secondary N) is 1. The third kappa shape index (κ3) is 3.52. The van der Waals surface area contributed by atoms with Crippen molar-refractivity contribution in [3.8, 4) is 0 Å². The van der Waals surface area contributed by atoms with Gasteiger partial charge in [0.15, 0.2) is 0 Å². The molecule has 1 saturated heterocycles. The summed E-state index contributed by atoms with van der Waals surface area (Å²) in [6.07, 6.45) is 13.8. The lowest BCUT2D eigenvalue weighted by atomic mass is 9.74. The Labute approximate surface area is 118 Å². The van der Waals surface area contributed by atoms with Gasteiger partial charge in [0, 0.05) is 12.6 Å². The molecule has 2 saturated carbocycles. The minimum Gasteiger partial charge on any atom is -0.375 e. The van der Waals surface area contributed by atoms with Gasteiger partial charge in [-0.3, -0.25) is 0 Å². The molecule has 3 rings (SSSR count). The van der Waals surface area contributed by atoms with E-state index in [-0.39, 0.29) is 0 Å². The predicted molar refractivity (Wildman–Crippen MR) is 79.3 cm³/mol. The summed E-state index contributed by atoms with van der Waals surface area (Å²) in [4.78, 5) is 0. The van der Waals surface area contributed by atoms with E-state index in [2.05, 4.69) is 12.2 Å². The lowest BCUT2D eigenvalue weighted by Crippen LogP contribution is -2.51. The van der Waals surface area contributed by atoms with E-state index in [0.717, 1.165) is 24.5 Å². The maximum atomic E-state index is 6.00. The molecule has 3 unspecified atom stereocenters. The van der Waals surface area contributed by atoms with E-state index in [4.69, 9.17) is 4.74 Å².